The van der Waals surface area contributed by atoms with Crippen LogP contribution in [0.4, 0.5) is 0 Å². The van der Waals surface area contributed by atoms with Gasteiger partial charge in [-0.25, -0.2) is 0 Å². The highest BCUT2D eigenvalue weighted by atomic mass is 16.5. The lowest BCUT2D eigenvalue weighted by Crippen LogP contribution is -1.92. The predicted molar refractivity (Wildman–Crippen MR) is 78.7 cm³/mol. The van der Waals surface area contributed by atoms with Crippen LogP contribution >= 0.6 is 0 Å². The van der Waals surface area contributed by atoms with Crippen LogP contribution in [0.25, 0.3) is 23.0 Å². The molecule has 0 aliphatic rings. The summed E-state index contributed by atoms with van der Waals surface area (Å²) < 4.78 is 10.7. The Morgan fingerprint density at radius 3 is 2.71 bits per heavy atom. The summed E-state index contributed by atoms with van der Waals surface area (Å²) in [5, 5.41) is 3.94. The number of pyridine rings is 1. The van der Waals surface area contributed by atoms with Gasteiger partial charge in [-0.1, -0.05) is 23.9 Å². The fraction of sp³-hybridized carbons (Fsp3) is 0.0625. The smallest absolute Gasteiger partial charge is 0.258 e. The first kappa shape index (κ1) is 13.1. The third kappa shape index (κ3) is 2.97. The normalized spacial score (nSPS) is 10.3. The van der Waals surface area contributed by atoms with Crippen molar-refractivity contribution in [2.24, 2.45) is 0 Å². The van der Waals surface area contributed by atoms with Crippen LogP contribution in [0.2, 0.25) is 0 Å². The molecule has 0 aliphatic heterocycles. The minimum Gasteiger partial charge on any atom is -0.490 e. The number of ether oxygens (including phenoxy) is 1. The van der Waals surface area contributed by atoms with E-state index in [1.807, 2.05) is 42.5 Å². The summed E-state index contributed by atoms with van der Waals surface area (Å²) in [6, 6.07) is 13.0. The van der Waals surface area contributed by atoms with Gasteiger partial charge in [0.2, 0.25) is 5.82 Å². The summed E-state index contributed by atoms with van der Waals surface area (Å²) in [5.74, 6) is 1.69. The molecule has 2 heterocycles. The van der Waals surface area contributed by atoms with Gasteiger partial charge in [0.1, 0.15) is 18.1 Å². The van der Waals surface area contributed by atoms with Crippen LogP contribution in [-0.4, -0.2) is 21.7 Å². The lowest BCUT2D eigenvalue weighted by atomic mass is 10.2. The fourth-order valence-corrected chi connectivity index (χ4v) is 1.79. The molecule has 0 bridgehead atoms. The second-order valence-corrected chi connectivity index (χ2v) is 4.26. The topological polar surface area (TPSA) is 61.0 Å². The molecular weight excluding hydrogens is 266 g/mol. The van der Waals surface area contributed by atoms with Crippen molar-refractivity contribution in [1.82, 2.24) is 15.1 Å². The van der Waals surface area contributed by atoms with Crippen LogP contribution in [0, 0.1) is 0 Å². The average Bonchev–Trinajstić information content (AvgIpc) is 3.04. The quantitative estimate of drug-likeness (QED) is 0.670. The van der Waals surface area contributed by atoms with Gasteiger partial charge in [-0.2, -0.15) is 4.98 Å². The molecule has 5 nitrogen and oxygen atoms in total. The number of nitrogens with zero attached hydrogens (tertiary/aromatic N) is 3. The highest BCUT2D eigenvalue weighted by Crippen LogP contribution is 2.23. The van der Waals surface area contributed by atoms with E-state index in [2.05, 4.69) is 21.7 Å². The third-order valence-electron chi connectivity index (χ3n) is 2.79. The van der Waals surface area contributed by atoms with Gasteiger partial charge in [-0.05, 0) is 36.4 Å². The second kappa shape index (κ2) is 6.00. The first-order valence-corrected chi connectivity index (χ1v) is 6.46. The van der Waals surface area contributed by atoms with Crippen molar-refractivity contribution in [1.29, 1.82) is 0 Å². The molecule has 3 rings (SSSR count). The Hall–Kier alpha value is -2.95. The Kier molecular flexibility index (Phi) is 3.73. The molecule has 104 valence electrons. The number of aromatic nitrogens is 3. The number of benzene rings is 1. The first-order valence-electron chi connectivity index (χ1n) is 6.46. The summed E-state index contributed by atoms with van der Waals surface area (Å²) in [6.45, 7) is 4.08. The van der Waals surface area contributed by atoms with Crippen molar-refractivity contribution in [3.63, 3.8) is 0 Å². The van der Waals surface area contributed by atoms with Crippen molar-refractivity contribution in [3.8, 4) is 28.7 Å². The molecule has 0 aliphatic carbocycles. The van der Waals surface area contributed by atoms with E-state index in [4.69, 9.17) is 9.26 Å². The van der Waals surface area contributed by atoms with Gasteiger partial charge >= 0.3 is 0 Å². The zero-order valence-corrected chi connectivity index (χ0v) is 11.3. The molecule has 0 N–H and O–H groups in total. The van der Waals surface area contributed by atoms with E-state index in [1.54, 1.807) is 12.3 Å². The number of rotatable bonds is 5. The molecule has 0 unspecified atom stereocenters. The van der Waals surface area contributed by atoms with E-state index in [1.165, 1.54) is 0 Å². The van der Waals surface area contributed by atoms with Crippen molar-refractivity contribution in [2.75, 3.05) is 6.61 Å². The van der Waals surface area contributed by atoms with Crippen molar-refractivity contribution >= 4 is 0 Å². The van der Waals surface area contributed by atoms with Gasteiger partial charge in [-0.3, -0.25) is 4.98 Å². The molecule has 0 atom stereocenters. The van der Waals surface area contributed by atoms with E-state index in [-0.39, 0.29) is 0 Å². The second-order valence-electron chi connectivity index (χ2n) is 4.26. The van der Waals surface area contributed by atoms with Crippen molar-refractivity contribution in [2.45, 2.75) is 0 Å². The first-order chi connectivity index (χ1) is 10.4. The third-order valence-corrected chi connectivity index (χ3v) is 2.79. The van der Waals surface area contributed by atoms with Gasteiger partial charge in [0.15, 0.2) is 0 Å². The highest BCUT2D eigenvalue weighted by Gasteiger charge is 2.11. The average molecular weight is 279 g/mol. The Morgan fingerprint density at radius 2 is 2.00 bits per heavy atom. The molecule has 0 saturated carbocycles. The molecule has 21 heavy (non-hydrogen) atoms. The number of hydrogen-bond acceptors (Lipinski definition) is 5. The van der Waals surface area contributed by atoms with Crippen molar-refractivity contribution in [3.05, 3.63) is 61.3 Å². The largest absolute Gasteiger partial charge is 0.490 e. The van der Waals surface area contributed by atoms with E-state index >= 15 is 0 Å². The lowest BCUT2D eigenvalue weighted by molar-refractivity contribution is 0.363. The maximum Gasteiger partial charge on any atom is 0.258 e. The van der Waals surface area contributed by atoms with E-state index in [0.717, 1.165) is 11.3 Å². The Balaban J connectivity index is 1.81. The summed E-state index contributed by atoms with van der Waals surface area (Å²) in [7, 11) is 0. The highest BCUT2D eigenvalue weighted by molar-refractivity contribution is 5.58. The van der Waals surface area contributed by atoms with Gasteiger partial charge < -0.3 is 9.26 Å². The Labute approximate surface area is 121 Å². The van der Waals surface area contributed by atoms with Crippen LogP contribution in [0.15, 0.2) is 65.8 Å². The minimum atomic E-state index is 0.450. The molecular formula is C16H13N3O2. The minimum absolute atomic E-state index is 0.450. The van der Waals surface area contributed by atoms with Crippen LogP contribution < -0.4 is 4.74 Å². The predicted octanol–water partition coefficient (Wildman–Crippen LogP) is 3.36. The maximum atomic E-state index is 5.43. The summed E-state index contributed by atoms with van der Waals surface area (Å²) >= 11 is 0. The lowest BCUT2D eigenvalue weighted by Gasteiger charge is -2.02. The molecule has 0 spiro atoms. The molecule has 1 aromatic carbocycles. The molecule has 0 amide bonds. The van der Waals surface area contributed by atoms with Crippen LogP contribution in [0.3, 0.4) is 0 Å². The summed E-state index contributed by atoms with van der Waals surface area (Å²) in [6.07, 6.45) is 3.39. The fourth-order valence-electron chi connectivity index (χ4n) is 1.79. The number of hydrogen-bond donors (Lipinski definition) is 0. The van der Waals surface area contributed by atoms with E-state index < -0.39 is 0 Å². The van der Waals surface area contributed by atoms with Crippen LogP contribution in [-0.2, 0) is 0 Å². The monoisotopic (exact) mass is 279 g/mol. The molecule has 2 aromatic heterocycles. The summed E-state index contributed by atoms with van der Waals surface area (Å²) in [4.78, 5) is 8.53. The molecule has 0 saturated heterocycles. The Morgan fingerprint density at radius 1 is 1.14 bits per heavy atom. The molecule has 3 aromatic rings. The molecule has 5 heteroatoms. The maximum absolute atomic E-state index is 5.43. The SMILES string of the molecule is C=CCOc1ccc(-c2nc(-c3ccccn3)no2)cc1. The van der Waals surface area contributed by atoms with Gasteiger partial charge in [-0.15, -0.1) is 0 Å². The van der Waals surface area contributed by atoms with Gasteiger partial charge in [0.25, 0.3) is 5.89 Å². The van der Waals surface area contributed by atoms with Crippen LogP contribution in [0.5, 0.6) is 5.75 Å². The zero-order chi connectivity index (χ0) is 14.5. The molecule has 0 fully saturated rings. The van der Waals surface area contributed by atoms with Gasteiger partial charge in [0, 0.05) is 11.8 Å². The van der Waals surface area contributed by atoms with E-state index in [0.29, 0.717) is 24.0 Å². The van der Waals surface area contributed by atoms with E-state index in [9.17, 15) is 0 Å². The van der Waals surface area contributed by atoms with Gasteiger partial charge in [0.05, 0.1) is 0 Å². The molecule has 0 radical (unpaired) electrons. The Bertz CT molecular complexity index is 721. The van der Waals surface area contributed by atoms with Crippen molar-refractivity contribution < 1.29 is 9.26 Å². The zero-order valence-electron chi connectivity index (χ0n) is 11.3. The summed E-state index contributed by atoms with van der Waals surface area (Å²) in [5.41, 5.74) is 1.51. The van der Waals surface area contributed by atoms with Crippen LogP contribution in [0.1, 0.15) is 0 Å². The standard InChI is InChI=1S/C16H13N3O2/c1-2-11-20-13-8-6-12(7-9-13)16-18-15(19-21-16)14-5-3-4-10-17-14/h2-10H,1,11H2.